The summed E-state index contributed by atoms with van der Waals surface area (Å²) in [5.41, 5.74) is 6.94. The van der Waals surface area contributed by atoms with Crippen LogP contribution in [0.5, 0.6) is 0 Å². The molecule has 0 saturated heterocycles. The summed E-state index contributed by atoms with van der Waals surface area (Å²) in [6, 6.07) is 6.47. The molecule has 0 saturated carbocycles. The van der Waals surface area contributed by atoms with Crippen LogP contribution in [0.3, 0.4) is 0 Å². The van der Waals surface area contributed by atoms with E-state index in [-0.39, 0.29) is 11.3 Å². The summed E-state index contributed by atoms with van der Waals surface area (Å²) >= 11 is 0. The monoisotopic (exact) mass is 346 g/mol. The van der Waals surface area contributed by atoms with Crippen LogP contribution in [-0.2, 0) is 16.1 Å². The molecule has 2 rings (SSSR count). The molecule has 2 aromatic rings. The number of carbonyl (C=O) groups excluding carboxylic acids is 2. The van der Waals surface area contributed by atoms with Crippen LogP contribution in [0.2, 0.25) is 0 Å². The third-order valence-corrected chi connectivity index (χ3v) is 3.73. The van der Waals surface area contributed by atoms with Gasteiger partial charge in [0, 0.05) is 0 Å². The molecule has 1 heterocycles. The Morgan fingerprint density at radius 1 is 1.32 bits per heavy atom. The first-order valence-electron chi connectivity index (χ1n) is 7.48. The molecule has 9 nitrogen and oxygen atoms in total. The second-order valence-electron chi connectivity index (χ2n) is 5.58. The van der Waals surface area contributed by atoms with Crippen molar-refractivity contribution in [3.8, 4) is 0 Å². The number of aromatic nitrogens is 2. The van der Waals surface area contributed by atoms with Crippen molar-refractivity contribution in [2.75, 3.05) is 0 Å². The molecule has 1 amide bonds. The van der Waals surface area contributed by atoms with Gasteiger partial charge in [0.25, 0.3) is 5.91 Å². The second-order valence-corrected chi connectivity index (χ2v) is 5.58. The number of nitro groups is 1. The number of benzene rings is 1. The SMILES string of the molecule is Cc1nn(Cc2ccc(C(=O)O[C@H](C)C(N)=O)cc2)c(C)c1[N+](=O)[O-]. The van der Waals surface area contributed by atoms with Crippen molar-refractivity contribution >= 4 is 17.6 Å². The van der Waals surface area contributed by atoms with E-state index in [4.69, 9.17) is 10.5 Å². The Hall–Kier alpha value is -3.23. The van der Waals surface area contributed by atoms with E-state index in [1.807, 2.05) is 0 Å². The van der Waals surface area contributed by atoms with E-state index in [0.29, 0.717) is 17.9 Å². The molecule has 0 aliphatic rings. The van der Waals surface area contributed by atoms with Crippen molar-refractivity contribution < 1.29 is 19.2 Å². The predicted molar refractivity (Wildman–Crippen MR) is 88.0 cm³/mol. The van der Waals surface area contributed by atoms with Gasteiger partial charge in [-0.3, -0.25) is 19.6 Å². The number of rotatable bonds is 6. The van der Waals surface area contributed by atoms with Crippen molar-refractivity contribution in [3.05, 3.63) is 56.9 Å². The molecule has 132 valence electrons. The number of nitrogens with zero attached hydrogens (tertiary/aromatic N) is 3. The van der Waals surface area contributed by atoms with Gasteiger partial charge in [-0.25, -0.2) is 4.79 Å². The van der Waals surface area contributed by atoms with Crippen LogP contribution in [0.15, 0.2) is 24.3 Å². The third kappa shape index (κ3) is 4.00. The molecule has 0 aliphatic heterocycles. The number of hydrogen-bond donors (Lipinski definition) is 1. The van der Waals surface area contributed by atoms with Gasteiger partial charge >= 0.3 is 11.7 Å². The zero-order valence-corrected chi connectivity index (χ0v) is 14.1. The molecule has 2 N–H and O–H groups in total. The van der Waals surface area contributed by atoms with Crippen molar-refractivity contribution in [3.63, 3.8) is 0 Å². The fourth-order valence-electron chi connectivity index (χ4n) is 2.31. The molecule has 0 unspecified atom stereocenters. The van der Waals surface area contributed by atoms with E-state index in [2.05, 4.69) is 5.10 Å². The van der Waals surface area contributed by atoms with Crippen LogP contribution < -0.4 is 5.73 Å². The lowest BCUT2D eigenvalue weighted by molar-refractivity contribution is -0.386. The topological polar surface area (TPSA) is 130 Å². The molecule has 9 heteroatoms. The fraction of sp³-hybridized carbons (Fsp3) is 0.312. The maximum atomic E-state index is 11.9. The number of esters is 1. The summed E-state index contributed by atoms with van der Waals surface area (Å²) in [6.07, 6.45) is -1.01. The summed E-state index contributed by atoms with van der Waals surface area (Å²) in [6.45, 7) is 4.94. The number of carbonyl (C=O) groups is 2. The highest BCUT2D eigenvalue weighted by molar-refractivity contribution is 5.91. The number of hydrogen-bond acceptors (Lipinski definition) is 6. The number of ether oxygens (including phenoxy) is 1. The first-order chi connectivity index (χ1) is 11.7. The lowest BCUT2D eigenvalue weighted by atomic mass is 10.1. The van der Waals surface area contributed by atoms with Crippen molar-refractivity contribution in [2.45, 2.75) is 33.4 Å². The Kier molecular flexibility index (Phi) is 5.16. The first kappa shape index (κ1) is 18.1. The molecule has 1 atom stereocenters. The molecule has 1 aromatic heterocycles. The second kappa shape index (κ2) is 7.12. The highest BCUT2D eigenvalue weighted by Crippen LogP contribution is 2.22. The summed E-state index contributed by atoms with van der Waals surface area (Å²) in [5.74, 6) is -1.38. The number of aryl methyl sites for hydroxylation is 1. The Balaban J connectivity index is 2.13. The van der Waals surface area contributed by atoms with Crippen molar-refractivity contribution in [1.29, 1.82) is 0 Å². The average molecular weight is 346 g/mol. The molecule has 25 heavy (non-hydrogen) atoms. The Bertz CT molecular complexity index is 826. The standard InChI is InChI=1S/C16H18N4O5/c1-9-14(20(23)24)10(2)19(18-9)8-12-4-6-13(7-5-12)16(22)25-11(3)15(17)21/h4-7,11H,8H2,1-3H3,(H2,17,21)/t11-/m1/s1. The molecule has 0 bridgehead atoms. The Morgan fingerprint density at radius 3 is 2.40 bits per heavy atom. The average Bonchev–Trinajstić information content (AvgIpc) is 2.81. The molecule has 0 spiro atoms. The third-order valence-electron chi connectivity index (χ3n) is 3.73. The minimum absolute atomic E-state index is 0.000590. The molecule has 1 aromatic carbocycles. The van der Waals surface area contributed by atoms with Gasteiger partial charge in [0.1, 0.15) is 11.4 Å². The van der Waals surface area contributed by atoms with E-state index in [1.165, 1.54) is 11.6 Å². The van der Waals surface area contributed by atoms with Gasteiger partial charge in [-0.05, 0) is 38.5 Å². The molecule has 0 aliphatic carbocycles. The maximum Gasteiger partial charge on any atom is 0.338 e. The quantitative estimate of drug-likeness (QED) is 0.479. The molecular formula is C16H18N4O5. The van der Waals surface area contributed by atoms with Crippen LogP contribution >= 0.6 is 0 Å². The minimum Gasteiger partial charge on any atom is -0.449 e. The minimum atomic E-state index is -1.01. The van der Waals surface area contributed by atoms with E-state index in [1.54, 1.807) is 38.1 Å². The fourth-order valence-corrected chi connectivity index (χ4v) is 2.31. The zero-order chi connectivity index (χ0) is 18.7. The Labute approximate surface area is 143 Å². The van der Waals surface area contributed by atoms with Gasteiger partial charge in [0.2, 0.25) is 0 Å². The van der Waals surface area contributed by atoms with Crippen molar-refractivity contribution in [2.24, 2.45) is 5.73 Å². The number of amides is 1. The van der Waals surface area contributed by atoms with Crippen LogP contribution in [0, 0.1) is 24.0 Å². The molecular weight excluding hydrogens is 328 g/mol. The van der Waals surface area contributed by atoms with Crippen molar-refractivity contribution in [1.82, 2.24) is 9.78 Å². The lowest BCUT2D eigenvalue weighted by Crippen LogP contribution is -2.30. The summed E-state index contributed by atoms with van der Waals surface area (Å²) < 4.78 is 6.45. The van der Waals surface area contributed by atoms with Gasteiger partial charge in [0.15, 0.2) is 6.10 Å². The van der Waals surface area contributed by atoms with E-state index < -0.39 is 22.9 Å². The molecule has 0 radical (unpaired) electrons. The van der Waals surface area contributed by atoms with Gasteiger partial charge in [-0.1, -0.05) is 12.1 Å². The predicted octanol–water partition coefficient (Wildman–Crippen LogP) is 1.49. The largest absolute Gasteiger partial charge is 0.449 e. The van der Waals surface area contributed by atoms with Crippen LogP contribution in [-0.4, -0.2) is 32.7 Å². The maximum absolute atomic E-state index is 11.9. The number of primary amides is 1. The molecule has 0 fully saturated rings. The Morgan fingerprint density at radius 2 is 1.92 bits per heavy atom. The van der Waals surface area contributed by atoms with Gasteiger partial charge in [-0.15, -0.1) is 0 Å². The van der Waals surface area contributed by atoms with Gasteiger partial charge in [-0.2, -0.15) is 5.10 Å². The van der Waals surface area contributed by atoms with Gasteiger partial charge < -0.3 is 10.5 Å². The van der Waals surface area contributed by atoms with Crippen LogP contribution in [0.1, 0.15) is 34.2 Å². The zero-order valence-electron chi connectivity index (χ0n) is 14.1. The summed E-state index contributed by atoms with van der Waals surface area (Å²) in [4.78, 5) is 33.4. The van der Waals surface area contributed by atoms with Crippen LogP contribution in [0.4, 0.5) is 5.69 Å². The number of nitrogens with two attached hydrogens (primary N) is 1. The highest BCUT2D eigenvalue weighted by atomic mass is 16.6. The van der Waals surface area contributed by atoms with Gasteiger partial charge in [0.05, 0.1) is 17.0 Å². The summed E-state index contributed by atoms with van der Waals surface area (Å²) in [5, 5.41) is 15.2. The first-order valence-corrected chi connectivity index (χ1v) is 7.48. The summed E-state index contributed by atoms with van der Waals surface area (Å²) in [7, 11) is 0. The highest BCUT2D eigenvalue weighted by Gasteiger charge is 2.22. The van der Waals surface area contributed by atoms with E-state index in [0.717, 1.165) is 5.56 Å². The van der Waals surface area contributed by atoms with Crippen LogP contribution in [0.25, 0.3) is 0 Å². The van der Waals surface area contributed by atoms with E-state index in [9.17, 15) is 19.7 Å². The van der Waals surface area contributed by atoms with E-state index >= 15 is 0 Å². The smallest absolute Gasteiger partial charge is 0.338 e. The normalized spacial score (nSPS) is 11.8. The lowest BCUT2D eigenvalue weighted by Gasteiger charge is -2.10.